The van der Waals surface area contributed by atoms with Gasteiger partial charge in [0.1, 0.15) is 11.6 Å². The topological polar surface area (TPSA) is 26.0 Å². The highest BCUT2D eigenvalue weighted by atomic mass is 79.9. The smallest absolute Gasteiger partial charge is 0.126 e. The molecule has 0 radical (unpaired) electrons. The summed E-state index contributed by atoms with van der Waals surface area (Å²) in [5, 5.41) is 0. The Hall–Kier alpha value is -1.26. The van der Waals surface area contributed by atoms with Crippen molar-refractivity contribution in [3.05, 3.63) is 69.2 Å². The summed E-state index contributed by atoms with van der Waals surface area (Å²) in [5.41, 5.74) is 8.71. The van der Waals surface area contributed by atoms with Crippen molar-refractivity contribution >= 4 is 15.9 Å². The van der Waals surface area contributed by atoms with Crippen LogP contribution in [-0.2, 0) is 6.42 Å². The summed E-state index contributed by atoms with van der Waals surface area (Å²) in [6.45, 7) is 1.96. The molecule has 1 unspecified atom stereocenters. The van der Waals surface area contributed by atoms with Crippen LogP contribution in [0.15, 0.2) is 40.9 Å². The van der Waals surface area contributed by atoms with E-state index < -0.39 is 11.6 Å². The zero-order valence-corrected chi connectivity index (χ0v) is 12.0. The fourth-order valence-corrected chi connectivity index (χ4v) is 2.50. The van der Waals surface area contributed by atoms with Crippen LogP contribution in [0.4, 0.5) is 8.78 Å². The summed E-state index contributed by atoms with van der Waals surface area (Å²) in [6.07, 6.45) is 0.395. The molecule has 19 heavy (non-hydrogen) atoms. The molecule has 1 nitrogen and oxygen atoms in total. The minimum absolute atomic E-state index is 0.293. The molecule has 0 aliphatic rings. The van der Waals surface area contributed by atoms with E-state index >= 15 is 0 Å². The average Bonchev–Trinajstić information content (AvgIpc) is 2.31. The van der Waals surface area contributed by atoms with E-state index in [9.17, 15) is 8.78 Å². The van der Waals surface area contributed by atoms with Gasteiger partial charge in [0.25, 0.3) is 0 Å². The van der Waals surface area contributed by atoms with E-state index in [4.69, 9.17) is 5.73 Å². The highest BCUT2D eigenvalue weighted by Gasteiger charge is 2.12. The SMILES string of the molecule is Cc1c(Br)cccc1C(N)Cc1cc(F)cc(F)c1. The van der Waals surface area contributed by atoms with Gasteiger partial charge in [-0.3, -0.25) is 0 Å². The van der Waals surface area contributed by atoms with Gasteiger partial charge in [-0.2, -0.15) is 0 Å². The number of nitrogens with two attached hydrogens (primary N) is 1. The molecule has 0 bridgehead atoms. The Morgan fingerprint density at radius 3 is 2.42 bits per heavy atom. The summed E-state index contributed by atoms with van der Waals surface area (Å²) in [4.78, 5) is 0. The summed E-state index contributed by atoms with van der Waals surface area (Å²) in [6, 6.07) is 8.97. The normalized spacial score (nSPS) is 12.5. The second-order valence-corrected chi connectivity index (χ2v) is 5.40. The van der Waals surface area contributed by atoms with Crippen molar-refractivity contribution in [1.29, 1.82) is 0 Å². The van der Waals surface area contributed by atoms with Crippen molar-refractivity contribution in [3.63, 3.8) is 0 Å². The summed E-state index contributed by atoms with van der Waals surface area (Å²) in [7, 11) is 0. The van der Waals surface area contributed by atoms with Gasteiger partial charge in [0.05, 0.1) is 0 Å². The second kappa shape index (κ2) is 5.80. The number of benzene rings is 2. The molecule has 0 fully saturated rings. The summed E-state index contributed by atoms with van der Waals surface area (Å²) < 4.78 is 27.2. The van der Waals surface area contributed by atoms with Crippen molar-refractivity contribution in [3.8, 4) is 0 Å². The Kier molecular flexibility index (Phi) is 4.32. The Morgan fingerprint density at radius 1 is 1.16 bits per heavy atom. The largest absolute Gasteiger partial charge is 0.324 e. The van der Waals surface area contributed by atoms with E-state index in [0.717, 1.165) is 21.7 Å². The third-order valence-electron chi connectivity index (χ3n) is 3.09. The molecule has 100 valence electrons. The predicted octanol–water partition coefficient (Wildman–Crippen LogP) is 4.28. The molecule has 0 saturated heterocycles. The second-order valence-electron chi connectivity index (χ2n) is 4.54. The fourth-order valence-electron chi connectivity index (χ4n) is 2.12. The lowest BCUT2D eigenvalue weighted by molar-refractivity contribution is 0.576. The van der Waals surface area contributed by atoms with Gasteiger partial charge in [0.15, 0.2) is 0 Å². The van der Waals surface area contributed by atoms with E-state index in [1.54, 1.807) is 0 Å². The number of rotatable bonds is 3. The number of halogens is 3. The van der Waals surface area contributed by atoms with Gasteiger partial charge in [-0.1, -0.05) is 28.1 Å². The van der Waals surface area contributed by atoms with Crippen LogP contribution in [0.2, 0.25) is 0 Å². The van der Waals surface area contributed by atoms with Crippen molar-refractivity contribution in [1.82, 2.24) is 0 Å². The molecule has 0 spiro atoms. The lowest BCUT2D eigenvalue weighted by Crippen LogP contribution is -2.15. The Bertz CT molecular complexity index is 578. The number of hydrogen-bond donors (Lipinski definition) is 1. The molecule has 0 aliphatic heterocycles. The molecule has 0 heterocycles. The lowest BCUT2D eigenvalue weighted by atomic mass is 9.96. The predicted molar refractivity (Wildman–Crippen MR) is 75.9 cm³/mol. The molecule has 1 atom stereocenters. The van der Waals surface area contributed by atoms with E-state index in [-0.39, 0.29) is 6.04 Å². The molecular formula is C15H14BrF2N. The highest BCUT2D eigenvalue weighted by Crippen LogP contribution is 2.25. The maximum atomic E-state index is 13.1. The standard InChI is InChI=1S/C15H14BrF2N/c1-9-13(3-2-4-14(9)16)15(19)7-10-5-11(17)8-12(18)6-10/h2-6,8,15H,7,19H2,1H3. The van der Waals surface area contributed by atoms with E-state index in [2.05, 4.69) is 15.9 Å². The van der Waals surface area contributed by atoms with Crippen LogP contribution in [0.3, 0.4) is 0 Å². The van der Waals surface area contributed by atoms with Crippen molar-refractivity contribution in [2.24, 2.45) is 5.73 Å². The maximum absolute atomic E-state index is 13.1. The molecule has 2 aromatic rings. The first-order valence-electron chi connectivity index (χ1n) is 5.93. The van der Waals surface area contributed by atoms with Crippen molar-refractivity contribution in [2.45, 2.75) is 19.4 Å². The van der Waals surface area contributed by atoms with Gasteiger partial charge in [0.2, 0.25) is 0 Å². The molecule has 2 rings (SSSR count). The van der Waals surface area contributed by atoms with Gasteiger partial charge >= 0.3 is 0 Å². The molecule has 0 amide bonds. The monoisotopic (exact) mass is 325 g/mol. The zero-order valence-electron chi connectivity index (χ0n) is 10.5. The third-order valence-corrected chi connectivity index (χ3v) is 3.95. The van der Waals surface area contributed by atoms with Gasteiger partial charge < -0.3 is 5.73 Å². The van der Waals surface area contributed by atoms with Crippen LogP contribution in [0.1, 0.15) is 22.7 Å². The fraction of sp³-hybridized carbons (Fsp3) is 0.200. The van der Waals surface area contributed by atoms with Crippen LogP contribution in [-0.4, -0.2) is 0 Å². The van der Waals surface area contributed by atoms with Crippen LogP contribution >= 0.6 is 15.9 Å². The summed E-state index contributed by atoms with van der Waals surface area (Å²) >= 11 is 3.45. The van der Waals surface area contributed by atoms with Crippen molar-refractivity contribution in [2.75, 3.05) is 0 Å². The van der Waals surface area contributed by atoms with Crippen LogP contribution in [0, 0.1) is 18.6 Å². The van der Waals surface area contributed by atoms with E-state index in [1.807, 2.05) is 25.1 Å². The Morgan fingerprint density at radius 2 is 1.79 bits per heavy atom. The molecule has 4 heteroatoms. The first-order chi connectivity index (χ1) is 8.97. The van der Waals surface area contributed by atoms with Gasteiger partial charge in [-0.15, -0.1) is 0 Å². The van der Waals surface area contributed by atoms with Gasteiger partial charge in [-0.05, 0) is 48.2 Å². The Balaban J connectivity index is 2.25. The minimum atomic E-state index is -0.576. The molecule has 0 aliphatic carbocycles. The Labute approximate surface area is 119 Å². The average molecular weight is 326 g/mol. The van der Waals surface area contributed by atoms with E-state index in [0.29, 0.717) is 12.0 Å². The first-order valence-corrected chi connectivity index (χ1v) is 6.72. The zero-order chi connectivity index (χ0) is 14.0. The first kappa shape index (κ1) is 14.2. The number of hydrogen-bond acceptors (Lipinski definition) is 1. The minimum Gasteiger partial charge on any atom is -0.324 e. The van der Waals surface area contributed by atoms with Crippen LogP contribution in [0.5, 0.6) is 0 Å². The molecule has 2 aromatic carbocycles. The van der Waals surface area contributed by atoms with Gasteiger partial charge in [0, 0.05) is 16.6 Å². The lowest BCUT2D eigenvalue weighted by Gasteiger charge is -2.16. The summed E-state index contributed by atoms with van der Waals surface area (Å²) in [5.74, 6) is -1.15. The van der Waals surface area contributed by atoms with E-state index in [1.165, 1.54) is 12.1 Å². The molecule has 0 aromatic heterocycles. The maximum Gasteiger partial charge on any atom is 0.126 e. The van der Waals surface area contributed by atoms with Gasteiger partial charge in [-0.25, -0.2) is 8.78 Å². The van der Waals surface area contributed by atoms with Crippen LogP contribution < -0.4 is 5.73 Å². The molecule has 2 N–H and O–H groups in total. The van der Waals surface area contributed by atoms with Crippen molar-refractivity contribution < 1.29 is 8.78 Å². The highest BCUT2D eigenvalue weighted by molar-refractivity contribution is 9.10. The quantitative estimate of drug-likeness (QED) is 0.895. The van der Waals surface area contributed by atoms with Crippen LogP contribution in [0.25, 0.3) is 0 Å². The molecular weight excluding hydrogens is 312 g/mol. The molecule has 0 saturated carbocycles. The third kappa shape index (κ3) is 3.39.